The summed E-state index contributed by atoms with van der Waals surface area (Å²) >= 11 is 0. The number of hydrogen-bond donors (Lipinski definition) is 1. The largest absolute Gasteiger partial charge is 0.434 e. The number of ether oxygens (including phenoxy) is 1. The van der Waals surface area contributed by atoms with Crippen LogP contribution in [0, 0.1) is 18.6 Å². The maximum Gasteiger partial charge on any atom is 0.241 e. The highest BCUT2D eigenvalue weighted by Gasteiger charge is 2.17. The van der Waals surface area contributed by atoms with E-state index in [0.717, 1.165) is 6.07 Å². The van der Waals surface area contributed by atoms with Gasteiger partial charge in [0.05, 0.1) is 5.69 Å². The Labute approximate surface area is 103 Å². The van der Waals surface area contributed by atoms with E-state index < -0.39 is 11.6 Å². The van der Waals surface area contributed by atoms with Gasteiger partial charge < -0.3 is 10.5 Å². The van der Waals surface area contributed by atoms with Crippen molar-refractivity contribution in [1.82, 2.24) is 9.78 Å². The molecule has 0 saturated carbocycles. The Morgan fingerprint density at radius 2 is 2.11 bits per heavy atom. The molecule has 2 N–H and O–H groups in total. The number of nitrogen functional groups attached to an aromatic ring is 1. The Morgan fingerprint density at radius 1 is 1.39 bits per heavy atom. The van der Waals surface area contributed by atoms with Crippen LogP contribution in [0.15, 0.2) is 18.2 Å². The topological polar surface area (TPSA) is 53.1 Å². The smallest absolute Gasteiger partial charge is 0.241 e. The maximum absolute atomic E-state index is 13.5. The first kappa shape index (κ1) is 12.3. The summed E-state index contributed by atoms with van der Waals surface area (Å²) in [6, 6.07) is 3.72. The molecule has 6 heteroatoms. The number of aryl methyl sites for hydroxylation is 2. The number of nitrogens with zero attached hydrogens (tertiary/aromatic N) is 2. The van der Waals surface area contributed by atoms with E-state index in [1.54, 1.807) is 6.92 Å². The summed E-state index contributed by atoms with van der Waals surface area (Å²) in [6.07, 6.45) is 0. The summed E-state index contributed by atoms with van der Waals surface area (Å²) < 4.78 is 33.4. The van der Waals surface area contributed by atoms with Gasteiger partial charge in [0.2, 0.25) is 11.7 Å². The molecule has 0 saturated heterocycles. The van der Waals surface area contributed by atoms with Crippen molar-refractivity contribution in [3.8, 4) is 11.6 Å². The highest BCUT2D eigenvalue weighted by atomic mass is 19.2. The van der Waals surface area contributed by atoms with Gasteiger partial charge in [0.1, 0.15) is 5.69 Å². The highest BCUT2D eigenvalue weighted by molar-refractivity contribution is 5.54. The van der Waals surface area contributed by atoms with Gasteiger partial charge in [-0.3, -0.25) is 0 Å². The second kappa shape index (κ2) is 4.64. The Balaban J connectivity index is 2.43. The van der Waals surface area contributed by atoms with Gasteiger partial charge in [-0.2, -0.15) is 9.49 Å². The molecule has 0 radical (unpaired) electrons. The fourth-order valence-corrected chi connectivity index (χ4v) is 1.56. The molecular weight excluding hydrogens is 240 g/mol. The van der Waals surface area contributed by atoms with Crippen molar-refractivity contribution in [3.63, 3.8) is 0 Å². The molecule has 0 aliphatic heterocycles. The van der Waals surface area contributed by atoms with Gasteiger partial charge in [-0.05, 0) is 26.0 Å². The first-order valence-electron chi connectivity index (χ1n) is 5.49. The molecule has 96 valence electrons. The van der Waals surface area contributed by atoms with Crippen LogP contribution in [-0.4, -0.2) is 9.78 Å². The Hall–Kier alpha value is -2.11. The zero-order valence-electron chi connectivity index (χ0n) is 10.1. The van der Waals surface area contributed by atoms with Crippen LogP contribution in [0.5, 0.6) is 11.6 Å². The Kier molecular flexibility index (Phi) is 3.18. The van der Waals surface area contributed by atoms with Crippen LogP contribution < -0.4 is 10.5 Å². The fraction of sp³-hybridized carbons (Fsp3) is 0.250. The third-order valence-electron chi connectivity index (χ3n) is 2.55. The summed E-state index contributed by atoms with van der Waals surface area (Å²) in [5.74, 6) is -2.00. The lowest BCUT2D eigenvalue weighted by molar-refractivity contribution is 0.381. The molecule has 0 fully saturated rings. The first-order chi connectivity index (χ1) is 8.54. The van der Waals surface area contributed by atoms with Gasteiger partial charge in [0.25, 0.3) is 0 Å². The third-order valence-corrected chi connectivity index (χ3v) is 2.55. The van der Waals surface area contributed by atoms with Gasteiger partial charge in [0, 0.05) is 6.54 Å². The lowest BCUT2D eigenvalue weighted by atomic mass is 10.3. The van der Waals surface area contributed by atoms with Crippen LogP contribution in [0.1, 0.15) is 12.6 Å². The van der Waals surface area contributed by atoms with Crippen molar-refractivity contribution >= 4 is 5.69 Å². The number of rotatable bonds is 3. The fourth-order valence-electron chi connectivity index (χ4n) is 1.56. The number of anilines is 1. The Morgan fingerprint density at radius 3 is 2.78 bits per heavy atom. The first-order valence-corrected chi connectivity index (χ1v) is 5.49. The van der Waals surface area contributed by atoms with E-state index in [1.807, 2.05) is 6.92 Å². The third kappa shape index (κ3) is 2.01. The molecule has 0 amide bonds. The molecular formula is C12H13F2N3O. The minimum Gasteiger partial charge on any atom is -0.434 e. The van der Waals surface area contributed by atoms with Crippen molar-refractivity contribution in [1.29, 1.82) is 0 Å². The molecule has 4 nitrogen and oxygen atoms in total. The van der Waals surface area contributed by atoms with E-state index in [-0.39, 0.29) is 11.6 Å². The lowest BCUT2D eigenvalue weighted by Gasteiger charge is -2.09. The molecule has 0 atom stereocenters. The van der Waals surface area contributed by atoms with E-state index >= 15 is 0 Å². The number of benzene rings is 1. The van der Waals surface area contributed by atoms with Crippen LogP contribution in [0.4, 0.5) is 14.5 Å². The lowest BCUT2D eigenvalue weighted by Crippen LogP contribution is -2.02. The van der Waals surface area contributed by atoms with Crippen molar-refractivity contribution in [2.45, 2.75) is 20.4 Å². The molecule has 0 spiro atoms. The normalized spacial score (nSPS) is 10.7. The minimum absolute atomic E-state index is 0.212. The quantitative estimate of drug-likeness (QED) is 0.915. The van der Waals surface area contributed by atoms with Gasteiger partial charge in [-0.1, -0.05) is 6.07 Å². The predicted octanol–water partition coefficient (Wildman–Crippen LogP) is 2.86. The molecule has 1 aromatic heterocycles. The molecule has 0 aliphatic rings. The SMILES string of the molecule is CCn1nc(C)c(N)c1Oc1cccc(F)c1F. The summed E-state index contributed by atoms with van der Waals surface area (Å²) in [5, 5.41) is 4.13. The average Bonchev–Trinajstić information content (AvgIpc) is 2.62. The molecule has 0 aliphatic carbocycles. The summed E-state index contributed by atoms with van der Waals surface area (Å²) in [7, 11) is 0. The van der Waals surface area contributed by atoms with Crippen LogP contribution >= 0.6 is 0 Å². The van der Waals surface area contributed by atoms with Gasteiger partial charge in [-0.25, -0.2) is 9.07 Å². The second-order valence-corrected chi connectivity index (χ2v) is 3.77. The molecule has 1 heterocycles. The highest BCUT2D eigenvalue weighted by Crippen LogP contribution is 2.31. The van der Waals surface area contributed by atoms with Crippen LogP contribution in [-0.2, 0) is 6.54 Å². The van der Waals surface area contributed by atoms with Gasteiger partial charge >= 0.3 is 0 Å². The molecule has 1 aromatic carbocycles. The zero-order chi connectivity index (χ0) is 13.3. The van der Waals surface area contributed by atoms with Gasteiger partial charge in [0.15, 0.2) is 11.6 Å². The van der Waals surface area contributed by atoms with E-state index in [0.29, 0.717) is 17.9 Å². The number of aromatic nitrogens is 2. The van der Waals surface area contributed by atoms with Crippen molar-refractivity contribution in [2.75, 3.05) is 5.73 Å². The second-order valence-electron chi connectivity index (χ2n) is 3.77. The summed E-state index contributed by atoms with van der Waals surface area (Å²) in [6.45, 7) is 4.08. The zero-order valence-corrected chi connectivity index (χ0v) is 10.1. The minimum atomic E-state index is -1.04. The van der Waals surface area contributed by atoms with E-state index in [2.05, 4.69) is 5.10 Å². The van der Waals surface area contributed by atoms with Crippen LogP contribution in [0.25, 0.3) is 0 Å². The maximum atomic E-state index is 13.5. The van der Waals surface area contributed by atoms with E-state index in [1.165, 1.54) is 16.8 Å². The molecule has 18 heavy (non-hydrogen) atoms. The predicted molar refractivity (Wildman–Crippen MR) is 63.5 cm³/mol. The average molecular weight is 253 g/mol. The van der Waals surface area contributed by atoms with Crippen molar-refractivity contribution in [3.05, 3.63) is 35.5 Å². The van der Waals surface area contributed by atoms with E-state index in [9.17, 15) is 8.78 Å². The molecule has 0 bridgehead atoms. The number of hydrogen-bond acceptors (Lipinski definition) is 3. The Bertz CT molecular complexity index is 581. The monoisotopic (exact) mass is 253 g/mol. The summed E-state index contributed by atoms with van der Waals surface area (Å²) in [5.41, 5.74) is 6.70. The molecule has 2 aromatic rings. The number of nitrogens with two attached hydrogens (primary N) is 1. The van der Waals surface area contributed by atoms with Crippen LogP contribution in [0.2, 0.25) is 0 Å². The van der Waals surface area contributed by atoms with Crippen molar-refractivity contribution in [2.24, 2.45) is 0 Å². The summed E-state index contributed by atoms with van der Waals surface area (Å²) in [4.78, 5) is 0. The standard InChI is InChI=1S/C12H13F2N3O/c1-3-17-12(11(15)7(2)16-17)18-9-6-4-5-8(13)10(9)14/h4-6H,3,15H2,1-2H3. The van der Waals surface area contributed by atoms with Crippen LogP contribution in [0.3, 0.4) is 0 Å². The number of halogens is 2. The molecule has 0 unspecified atom stereocenters. The molecule has 2 rings (SSSR count). The van der Waals surface area contributed by atoms with E-state index in [4.69, 9.17) is 10.5 Å². The van der Waals surface area contributed by atoms with Crippen molar-refractivity contribution < 1.29 is 13.5 Å². The van der Waals surface area contributed by atoms with Gasteiger partial charge in [-0.15, -0.1) is 0 Å².